The molecular weight excluding hydrogens is 340 g/mol. The standard InChI is InChI=1S/C8H4F6O.C7H7NO/c9-7(10,11)4-1-5(8(12,13)14)3-6(15)2-4;8-7(9)6-4-2-1-3-5-6/h1-3,15H;1-5H,(H2,8,9). The van der Waals surface area contributed by atoms with Gasteiger partial charge in [0.2, 0.25) is 5.91 Å². The number of nitrogens with two attached hydrogens (primary N) is 1. The molecule has 0 unspecified atom stereocenters. The highest BCUT2D eigenvalue weighted by Gasteiger charge is 2.36. The average molecular weight is 351 g/mol. The molecule has 0 aliphatic heterocycles. The van der Waals surface area contributed by atoms with Gasteiger partial charge in [-0.1, -0.05) is 18.2 Å². The average Bonchev–Trinajstić information content (AvgIpc) is 2.46. The molecule has 0 saturated carbocycles. The van der Waals surface area contributed by atoms with E-state index in [2.05, 4.69) is 0 Å². The van der Waals surface area contributed by atoms with Crippen LogP contribution in [0.2, 0.25) is 0 Å². The van der Waals surface area contributed by atoms with Crippen molar-refractivity contribution < 1.29 is 36.2 Å². The highest BCUT2D eigenvalue weighted by atomic mass is 19.4. The molecule has 0 atom stereocenters. The fourth-order valence-electron chi connectivity index (χ4n) is 1.54. The second-order valence-electron chi connectivity index (χ2n) is 4.49. The summed E-state index contributed by atoms with van der Waals surface area (Å²) in [6, 6.07) is 9.17. The Hall–Kier alpha value is -2.71. The zero-order valence-corrected chi connectivity index (χ0v) is 11.8. The molecule has 0 bridgehead atoms. The Balaban J connectivity index is 0.000000272. The number of carbonyl (C=O) groups excluding carboxylic acids is 1. The molecule has 2 aromatic rings. The van der Waals surface area contributed by atoms with Gasteiger partial charge in [0.05, 0.1) is 11.1 Å². The molecule has 3 nitrogen and oxygen atoms in total. The van der Waals surface area contributed by atoms with E-state index in [1.165, 1.54) is 0 Å². The maximum Gasteiger partial charge on any atom is 0.416 e. The maximum atomic E-state index is 12.1. The summed E-state index contributed by atoms with van der Waals surface area (Å²) >= 11 is 0. The van der Waals surface area contributed by atoms with Gasteiger partial charge in [0.1, 0.15) is 5.75 Å². The Bertz CT molecular complexity index is 663. The van der Waals surface area contributed by atoms with Gasteiger partial charge in [0.25, 0.3) is 0 Å². The van der Waals surface area contributed by atoms with Gasteiger partial charge < -0.3 is 10.8 Å². The van der Waals surface area contributed by atoms with Crippen molar-refractivity contribution in [1.29, 1.82) is 0 Å². The fraction of sp³-hybridized carbons (Fsp3) is 0.133. The number of hydrogen-bond acceptors (Lipinski definition) is 2. The quantitative estimate of drug-likeness (QED) is 0.756. The van der Waals surface area contributed by atoms with Crippen molar-refractivity contribution in [1.82, 2.24) is 0 Å². The molecule has 2 aromatic carbocycles. The highest BCUT2D eigenvalue weighted by Crippen LogP contribution is 2.37. The first kappa shape index (κ1) is 19.3. The Morgan fingerprint density at radius 1 is 0.833 bits per heavy atom. The number of halogens is 6. The first-order valence-electron chi connectivity index (χ1n) is 6.24. The Labute approximate surface area is 132 Å². The van der Waals surface area contributed by atoms with E-state index in [4.69, 9.17) is 10.8 Å². The van der Waals surface area contributed by atoms with E-state index in [9.17, 15) is 31.1 Å². The van der Waals surface area contributed by atoms with Gasteiger partial charge in [0, 0.05) is 5.56 Å². The van der Waals surface area contributed by atoms with Crippen LogP contribution < -0.4 is 5.73 Å². The minimum absolute atomic E-state index is 0.0558. The third-order valence-corrected chi connectivity index (χ3v) is 2.63. The smallest absolute Gasteiger partial charge is 0.416 e. The number of rotatable bonds is 1. The third kappa shape index (κ3) is 5.82. The monoisotopic (exact) mass is 351 g/mol. The van der Waals surface area contributed by atoms with Crippen LogP contribution in [-0.2, 0) is 12.4 Å². The Kier molecular flexibility index (Phi) is 5.83. The van der Waals surface area contributed by atoms with Crippen LogP contribution in [-0.4, -0.2) is 11.0 Å². The van der Waals surface area contributed by atoms with Gasteiger partial charge in [-0.2, -0.15) is 26.3 Å². The van der Waals surface area contributed by atoms with Crippen LogP contribution in [0.4, 0.5) is 26.3 Å². The van der Waals surface area contributed by atoms with Crippen molar-refractivity contribution in [2.45, 2.75) is 12.4 Å². The SMILES string of the molecule is NC(=O)c1ccccc1.Oc1cc(C(F)(F)F)cc(C(F)(F)F)c1. The molecule has 130 valence electrons. The lowest BCUT2D eigenvalue weighted by atomic mass is 10.1. The number of alkyl halides is 6. The van der Waals surface area contributed by atoms with E-state index in [-0.39, 0.29) is 24.1 Å². The summed E-state index contributed by atoms with van der Waals surface area (Å²) in [4.78, 5) is 10.4. The van der Waals surface area contributed by atoms with Crippen molar-refractivity contribution in [2.75, 3.05) is 0 Å². The lowest BCUT2D eigenvalue weighted by Gasteiger charge is -2.11. The van der Waals surface area contributed by atoms with Gasteiger partial charge in [-0.05, 0) is 30.3 Å². The summed E-state index contributed by atoms with van der Waals surface area (Å²) in [5, 5.41) is 8.72. The molecular formula is C15H11F6NO2. The summed E-state index contributed by atoms with van der Waals surface area (Å²) in [5.41, 5.74) is 2.46. The molecule has 0 spiro atoms. The summed E-state index contributed by atoms with van der Waals surface area (Å²) in [5.74, 6) is -1.45. The fourth-order valence-corrected chi connectivity index (χ4v) is 1.54. The molecule has 0 heterocycles. The molecule has 0 aromatic heterocycles. The number of hydrogen-bond donors (Lipinski definition) is 2. The van der Waals surface area contributed by atoms with Crippen molar-refractivity contribution in [3.63, 3.8) is 0 Å². The van der Waals surface area contributed by atoms with Crippen LogP contribution >= 0.6 is 0 Å². The number of aromatic hydroxyl groups is 1. The Morgan fingerprint density at radius 3 is 1.54 bits per heavy atom. The second-order valence-corrected chi connectivity index (χ2v) is 4.49. The van der Waals surface area contributed by atoms with Gasteiger partial charge >= 0.3 is 12.4 Å². The minimum atomic E-state index is -4.92. The number of phenols is 1. The third-order valence-electron chi connectivity index (χ3n) is 2.63. The van der Waals surface area contributed by atoms with Crippen LogP contribution in [0.3, 0.4) is 0 Å². The predicted octanol–water partition coefficient (Wildman–Crippen LogP) is 4.22. The summed E-state index contributed by atoms with van der Waals surface area (Å²) in [6.45, 7) is 0. The molecule has 1 amide bonds. The van der Waals surface area contributed by atoms with Gasteiger partial charge in [0.15, 0.2) is 0 Å². The topological polar surface area (TPSA) is 63.3 Å². The van der Waals surface area contributed by atoms with Crippen LogP contribution in [0.5, 0.6) is 5.75 Å². The molecule has 24 heavy (non-hydrogen) atoms. The van der Waals surface area contributed by atoms with Gasteiger partial charge in [-0.25, -0.2) is 0 Å². The van der Waals surface area contributed by atoms with Crippen LogP contribution in [0.1, 0.15) is 21.5 Å². The first-order chi connectivity index (χ1) is 10.9. The molecule has 0 fully saturated rings. The number of amides is 1. The molecule has 0 saturated heterocycles. The maximum absolute atomic E-state index is 12.1. The van der Waals surface area contributed by atoms with Crippen molar-refractivity contribution in [2.24, 2.45) is 5.73 Å². The zero-order valence-electron chi connectivity index (χ0n) is 11.8. The van der Waals surface area contributed by atoms with Gasteiger partial charge in [-0.3, -0.25) is 4.79 Å². The molecule has 0 aliphatic carbocycles. The number of carbonyl (C=O) groups is 1. The first-order valence-corrected chi connectivity index (χ1v) is 6.24. The number of primary amides is 1. The summed E-state index contributed by atoms with van der Waals surface area (Å²) in [6.07, 6.45) is -9.84. The normalized spacial score (nSPS) is 11.4. The van der Waals surface area contributed by atoms with Crippen molar-refractivity contribution in [3.05, 3.63) is 65.2 Å². The number of benzene rings is 2. The number of phenolic OH excluding ortho intramolecular Hbond substituents is 1. The van der Waals surface area contributed by atoms with E-state index in [0.717, 1.165) is 0 Å². The van der Waals surface area contributed by atoms with Gasteiger partial charge in [-0.15, -0.1) is 0 Å². The van der Waals surface area contributed by atoms with E-state index in [1.54, 1.807) is 24.3 Å². The molecule has 9 heteroatoms. The highest BCUT2D eigenvalue weighted by molar-refractivity contribution is 5.92. The van der Waals surface area contributed by atoms with E-state index < -0.39 is 29.2 Å². The van der Waals surface area contributed by atoms with Crippen molar-refractivity contribution in [3.8, 4) is 5.75 Å². The van der Waals surface area contributed by atoms with Crippen LogP contribution in [0.25, 0.3) is 0 Å². The molecule has 0 aliphatic rings. The largest absolute Gasteiger partial charge is 0.508 e. The molecule has 2 rings (SSSR count). The summed E-state index contributed by atoms with van der Waals surface area (Å²) in [7, 11) is 0. The van der Waals surface area contributed by atoms with Crippen LogP contribution in [0, 0.1) is 0 Å². The Morgan fingerprint density at radius 2 is 1.25 bits per heavy atom. The molecule has 3 N–H and O–H groups in total. The van der Waals surface area contributed by atoms with Crippen molar-refractivity contribution >= 4 is 5.91 Å². The lowest BCUT2D eigenvalue weighted by molar-refractivity contribution is -0.143. The zero-order chi connectivity index (χ0) is 18.5. The van der Waals surface area contributed by atoms with Crippen LogP contribution in [0.15, 0.2) is 48.5 Å². The second kappa shape index (κ2) is 7.24. The minimum Gasteiger partial charge on any atom is -0.508 e. The summed E-state index contributed by atoms with van der Waals surface area (Å²) < 4.78 is 72.3. The van der Waals surface area contributed by atoms with E-state index in [0.29, 0.717) is 5.56 Å². The van der Waals surface area contributed by atoms with E-state index in [1.807, 2.05) is 6.07 Å². The predicted molar refractivity (Wildman–Crippen MR) is 73.1 cm³/mol. The lowest BCUT2D eigenvalue weighted by Crippen LogP contribution is -2.10. The molecule has 0 radical (unpaired) electrons. The van der Waals surface area contributed by atoms with E-state index >= 15 is 0 Å².